The molecule has 0 aliphatic carbocycles. The fraction of sp³-hybridized carbons (Fsp3) is 0.400. The number of morpholine rings is 1. The number of ether oxygens (including phenoxy) is 1. The zero-order valence-corrected chi connectivity index (χ0v) is 13.0. The SMILES string of the molecule is Cc1nc([C@@H]2CN(C(=O)c3ccc(F)c(C(F)(F)F)c3)CCO2)no1. The Hall–Kier alpha value is -2.49. The highest BCUT2D eigenvalue weighted by atomic mass is 19.4. The third-order valence-electron chi connectivity index (χ3n) is 3.70. The number of aryl methyl sites for hydroxylation is 1. The van der Waals surface area contributed by atoms with Gasteiger partial charge >= 0.3 is 6.18 Å². The summed E-state index contributed by atoms with van der Waals surface area (Å²) in [6, 6.07) is 2.17. The highest BCUT2D eigenvalue weighted by Gasteiger charge is 2.36. The summed E-state index contributed by atoms with van der Waals surface area (Å²) in [5, 5.41) is 3.72. The minimum Gasteiger partial charge on any atom is -0.366 e. The highest BCUT2D eigenvalue weighted by Crippen LogP contribution is 2.32. The van der Waals surface area contributed by atoms with Crippen LogP contribution < -0.4 is 0 Å². The Morgan fingerprint density at radius 1 is 1.36 bits per heavy atom. The third-order valence-corrected chi connectivity index (χ3v) is 3.70. The standard InChI is InChI=1S/C15H13F4N3O3/c1-8-20-13(21-25-8)12-7-22(4-5-24-12)14(23)9-2-3-11(16)10(6-9)15(17,18)19/h2-3,6,12H,4-5,7H2,1H3/t12-/m0/s1. The number of rotatable bonds is 2. The van der Waals surface area contributed by atoms with Crippen molar-refractivity contribution in [1.82, 2.24) is 15.0 Å². The van der Waals surface area contributed by atoms with Gasteiger partial charge in [-0.2, -0.15) is 18.2 Å². The van der Waals surface area contributed by atoms with Crippen molar-refractivity contribution < 1.29 is 31.6 Å². The van der Waals surface area contributed by atoms with Crippen molar-refractivity contribution in [3.8, 4) is 0 Å². The molecule has 1 atom stereocenters. The van der Waals surface area contributed by atoms with Gasteiger partial charge < -0.3 is 14.2 Å². The molecule has 3 rings (SSSR count). The molecule has 2 heterocycles. The molecule has 25 heavy (non-hydrogen) atoms. The monoisotopic (exact) mass is 359 g/mol. The normalized spacial score (nSPS) is 18.4. The zero-order valence-electron chi connectivity index (χ0n) is 13.0. The van der Waals surface area contributed by atoms with Gasteiger partial charge in [-0.15, -0.1) is 0 Å². The number of amides is 1. The molecule has 10 heteroatoms. The summed E-state index contributed by atoms with van der Waals surface area (Å²) in [6.07, 6.45) is -5.52. The van der Waals surface area contributed by atoms with E-state index in [-0.39, 0.29) is 31.1 Å². The van der Waals surface area contributed by atoms with E-state index >= 15 is 0 Å². The average molecular weight is 359 g/mol. The molecule has 1 fully saturated rings. The van der Waals surface area contributed by atoms with Gasteiger partial charge in [0.05, 0.1) is 18.7 Å². The van der Waals surface area contributed by atoms with Gasteiger partial charge in [0.25, 0.3) is 5.91 Å². The predicted molar refractivity (Wildman–Crippen MR) is 75.0 cm³/mol. The average Bonchev–Trinajstić information content (AvgIpc) is 3.00. The molecule has 1 saturated heterocycles. The minimum atomic E-state index is -4.88. The van der Waals surface area contributed by atoms with E-state index in [2.05, 4.69) is 10.1 Å². The molecule has 0 unspecified atom stereocenters. The van der Waals surface area contributed by atoms with Crippen LogP contribution in [-0.4, -0.2) is 40.6 Å². The van der Waals surface area contributed by atoms with E-state index < -0.39 is 29.6 Å². The quantitative estimate of drug-likeness (QED) is 0.772. The Bertz CT molecular complexity index is 791. The summed E-state index contributed by atoms with van der Waals surface area (Å²) in [5.41, 5.74) is -1.73. The van der Waals surface area contributed by atoms with Gasteiger partial charge in [-0.1, -0.05) is 5.16 Å². The van der Waals surface area contributed by atoms with Crippen LogP contribution in [0.25, 0.3) is 0 Å². The maximum absolute atomic E-state index is 13.4. The second-order valence-electron chi connectivity index (χ2n) is 5.47. The van der Waals surface area contributed by atoms with Crippen molar-refractivity contribution in [1.29, 1.82) is 0 Å². The maximum atomic E-state index is 13.4. The van der Waals surface area contributed by atoms with Crippen LogP contribution in [0.5, 0.6) is 0 Å². The summed E-state index contributed by atoms with van der Waals surface area (Å²) < 4.78 is 62.1. The van der Waals surface area contributed by atoms with E-state index in [1.54, 1.807) is 6.92 Å². The van der Waals surface area contributed by atoms with Crippen molar-refractivity contribution in [3.05, 3.63) is 46.9 Å². The summed E-state index contributed by atoms with van der Waals surface area (Å²) >= 11 is 0. The van der Waals surface area contributed by atoms with Crippen LogP contribution in [0.2, 0.25) is 0 Å². The van der Waals surface area contributed by atoms with E-state index in [1.807, 2.05) is 0 Å². The first-order chi connectivity index (χ1) is 11.8. The van der Waals surface area contributed by atoms with Crippen LogP contribution in [0.15, 0.2) is 22.7 Å². The molecule has 1 aliphatic rings. The zero-order chi connectivity index (χ0) is 18.2. The van der Waals surface area contributed by atoms with E-state index in [1.165, 1.54) is 4.90 Å². The molecule has 1 aromatic heterocycles. The van der Waals surface area contributed by atoms with Crippen molar-refractivity contribution in [2.75, 3.05) is 19.7 Å². The summed E-state index contributed by atoms with van der Waals surface area (Å²) in [6.45, 7) is 2.00. The number of carbonyl (C=O) groups excluding carboxylic acids is 1. The number of nitrogens with zero attached hydrogens (tertiary/aromatic N) is 3. The number of benzene rings is 1. The summed E-state index contributed by atoms with van der Waals surface area (Å²) in [7, 11) is 0. The molecule has 1 aliphatic heterocycles. The second-order valence-corrected chi connectivity index (χ2v) is 5.47. The molecule has 0 saturated carbocycles. The number of alkyl halides is 3. The van der Waals surface area contributed by atoms with Crippen LogP contribution >= 0.6 is 0 Å². The lowest BCUT2D eigenvalue weighted by atomic mass is 10.1. The molecule has 134 valence electrons. The lowest BCUT2D eigenvalue weighted by molar-refractivity contribution is -0.140. The third kappa shape index (κ3) is 3.63. The Labute approximate surface area is 139 Å². The summed E-state index contributed by atoms with van der Waals surface area (Å²) in [5.74, 6) is -1.49. The Morgan fingerprint density at radius 2 is 2.12 bits per heavy atom. The van der Waals surface area contributed by atoms with Crippen molar-refractivity contribution in [3.63, 3.8) is 0 Å². The van der Waals surface area contributed by atoms with Crippen LogP contribution in [-0.2, 0) is 10.9 Å². The van der Waals surface area contributed by atoms with Crippen LogP contribution in [0, 0.1) is 12.7 Å². The fourth-order valence-electron chi connectivity index (χ4n) is 2.49. The lowest BCUT2D eigenvalue weighted by Crippen LogP contribution is -2.42. The smallest absolute Gasteiger partial charge is 0.366 e. The van der Waals surface area contributed by atoms with Crippen LogP contribution in [0.4, 0.5) is 17.6 Å². The molecule has 1 aromatic carbocycles. The maximum Gasteiger partial charge on any atom is 0.419 e. The van der Waals surface area contributed by atoms with E-state index in [9.17, 15) is 22.4 Å². The van der Waals surface area contributed by atoms with Gasteiger partial charge in [0, 0.05) is 19.0 Å². The number of carbonyl (C=O) groups is 1. The van der Waals surface area contributed by atoms with E-state index in [0.29, 0.717) is 18.0 Å². The number of hydrogen-bond donors (Lipinski definition) is 0. The van der Waals surface area contributed by atoms with Crippen molar-refractivity contribution >= 4 is 5.91 Å². The van der Waals surface area contributed by atoms with E-state index in [0.717, 1.165) is 6.07 Å². The van der Waals surface area contributed by atoms with Crippen LogP contribution in [0.1, 0.15) is 33.7 Å². The molecular formula is C15H13F4N3O3. The number of halogens is 4. The topological polar surface area (TPSA) is 68.5 Å². The first-order valence-corrected chi connectivity index (χ1v) is 7.33. The molecule has 6 nitrogen and oxygen atoms in total. The predicted octanol–water partition coefficient (Wildman–Crippen LogP) is 2.75. The van der Waals surface area contributed by atoms with Crippen LogP contribution in [0.3, 0.4) is 0 Å². The molecule has 1 amide bonds. The van der Waals surface area contributed by atoms with Gasteiger partial charge in [-0.25, -0.2) is 4.39 Å². The molecule has 2 aromatic rings. The van der Waals surface area contributed by atoms with Crippen molar-refractivity contribution in [2.45, 2.75) is 19.2 Å². The molecule has 0 bridgehead atoms. The second kappa shape index (κ2) is 6.43. The summed E-state index contributed by atoms with van der Waals surface area (Å²) in [4.78, 5) is 17.8. The Morgan fingerprint density at radius 3 is 2.76 bits per heavy atom. The van der Waals surface area contributed by atoms with E-state index in [4.69, 9.17) is 9.26 Å². The van der Waals surface area contributed by atoms with Gasteiger partial charge in [0.1, 0.15) is 11.9 Å². The van der Waals surface area contributed by atoms with Gasteiger partial charge in [0.15, 0.2) is 0 Å². The van der Waals surface area contributed by atoms with Gasteiger partial charge in [-0.05, 0) is 18.2 Å². The largest absolute Gasteiger partial charge is 0.419 e. The van der Waals surface area contributed by atoms with Gasteiger partial charge in [0.2, 0.25) is 11.7 Å². The molecule has 0 N–H and O–H groups in total. The minimum absolute atomic E-state index is 0.0521. The molecular weight excluding hydrogens is 346 g/mol. The first-order valence-electron chi connectivity index (χ1n) is 7.33. The Balaban J connectivity index is 1.81. The van der Waals surface area contributed by atoms with Gasteiger partial charge in [-0.3, -0.25) is 4.79 Å². The molecule has 0 radical (unpaired) electrons. The van der Waals surface area contributed by atoms with Crippen molar-refractivity contribution in [2.24, 2.45) is 0 Å². The first kappa shape index (κ1) is 17.3. The molecule has 0 spiro atoms. The number of aromatic nitrogens is 2. The highest BCUT2D eigenvalue weighted by molar-refractivity contribution is 5.94. The Kier molecular flexibility index (Phi) is 4.46. The lowest BCUT2D eigenvalue weighted by Gasteiger charge is -2.31. The number of hydrogen-bond acceptors (Lipinski definition) is 5. The fourth-order valence-corrected chi connectivity index (χ4v) is 2.49.